The number of nitrogens with zero attached hydrogens (tertiary/aromatic N) is 2. The molecule has 1 fully saturated rings. The van der Waals surface area contributed by atoms with E-state index in [1.165, 1.54) is 6.07 Å². The van der Waals surface area contributed by atoms with Crippen molar-refractivity contribution in [2.45, 2.75) is 13.0 Å². The highest BCUT2D eigenvalue weighted by Crippen LogP contribution is 2.12. The van der Waals surface area contributed by atoms with Crippen LogP contribution in [0.5, 0.6) is 0 Å². The minimum atomic E-state index is -0.127. The molecule has 0 aromatic carbocycles. The van der Waals surface area contributed by atoms with Crippen LogP contribution in [0.2, 0.25) is 0 Å². The SMILES string of the molecule is Cc1nc(N2CCOC(CN)C2)cc(=O)[nH]1. The fourth-order valence-corrected chi connectivity index (χ4v) is 1.80. The molecular weight excluding hydrogens is 208 g/mol. The van der Waals surface area contributed by atoms with Crippen molar-refractivity contribution in [1.82, 2.24) is 9.97 Å². The van der Waals surface area contributed by atoms with Gasteiger partial charge >= 0.3 is 0 Å². The first-order chi connectivity index (χ1) is 7.69. The zero-order valence-corrected chi connectivity index (χ0v) is 9.27. The molecule has 0 radical (unpaired) electrons. The Labute approximate surface area is 93.4 Å². The molecule has 0 spiro atoms. The van der Waals surface area contributed by atoms with Gasteiger partial charge in [0.1, 0.15) is 11.6 Å². The van der Waals surface area contributed by atoms with E-state index < -0.39 is 0 Å². The van der Waals surface area contributed by atoms with Gasteiger partial charge in [-0.05, 0) is 6.92 Å². The minimum Gasteiger partial charge on any atom is -0.373 e. The summed E-state index contributed by atoms with van der Waals surface area (Å²) in [6.07, 6.45) is 0.0233. The Balaban J connectivity index is 2.19. The first kappa shape index (κ1) is 11.1. The summed E-state index contributed by atoms with van der Waals surface area (Å²) >= 11 is 0. The molecular formula is C10H16N4O2. The van der Waals surface area contributed by atoms with Gasteiger partial charge in [-0.2, -0.15) is 0 Å². The molecule has 88 valence electrons. The zero-order valence-electron chi connectivity index (χ0n) is 9.27. The number of nitrogens with two attached hydrogens (primary N) is 1. The third-order valence-corrected chi connectivity index (χ3v) is 2.57. The lowest BCUT2D eigenvalue weighted by Gasteiger charge is -2.33. The molecule has 0 aliphatic carbocycles. The van der Waals surface area contributed by atoms with E-state index >= 15 is 0 Å². The summed E-state index contributed by atoms with van der Waals surface area (Å²) in [5.41, 5.74) is 5.44. The first-order valence-corrected chi connectivity index (χ1v) is 5.33. The number of hydrogen-bond donors (Lipinski definition) is 2. The third kappa shape index (κ3) is 2.40. The lowest BCUT2D eigenvalue weighted by Crippen LogP contribution is -2.46. The molecule has 2 rings (SSSR count). The summed E-state index contributed by atoms with van der Waals surface area (Å²) in [5, 5.41) is 0. The Bertz CT molecular complexity index is 418. The van der Waals surface area contributed by atoms with Crippen molar-refractivity contribution < 1.29 is 4.74 Å². The lowest BCUT2D eigenvalue weighted by molar-refractivity contribution is 0.0463. The fourth-order valence-electron chi connectivity index (χ4n) is 1.80. The summed E-state index contributed by atoms with van der Waals surface area (Å²) in [6.45, 7) is 4.30. The number of aryl methyl sites for hydroxylation is 1. The predicted molar refractivity (Wildman–Crippen MR) is 60.6 cm³/mol. The van der Waals surface area contributed by atoms with Gasteiger partial charge in [0.05, 0.1) is 12.7 Å². The molecule has 0 bridgehead atoms. The molecule has 0 amide bonds. The second-order valence-corrected chi connectivity index (χ2v) is 3.86. The average molecular weight is 224 g/mol. The van der Waals surface area contributed by atoms with Crippen LogP contribution in [0.3, 0.4) is 0 Å². The van der Waals surface area contributed by atoms with Gasteiger partial charge in [0.2, 0.25) is 0 Å². The van der Waals surface area contributed by atoms with E-state index in [4.69, 9.17) is 10.5 Å². The second kappa shape index (κ2) is 4.63. The summed E-state index contributed by atoms with van der Waals surface area (Å²) in [4.78, 5) is 20.3. The number of hydrogen-bond acceptors (Lipinski definition) is 5. The van der Waals surface area contributed by atoms with E-state index in [9.17, 15) is 4.79 Å². The number of H-pyrrole nitrogens is 1. The fraction of sp³-hybridized carbons (Fsp3) is 0.600. The third-order valence-electron chi connectivity index (χ3n) is 2.57. The van der Waals surface area contributed by atoms with Crippen LogP contribution in [0.1, 0.15) is 5.82 Å². The van der Waals surface area contributed by atoms with Crippen molar-refractivity contribution in [1.29, 1.82) is 0 Å². The Morgan fingerprint density at radius 2 is 2.56 bits per heavy atom. The Hall–Kier alpha value is -1.40. The van der Waals surface area contributed by atoms with Crippen molar-refractivity contribution >= 4 is 5.82 Å². The van der Waals surface area contributed by atoms with Gasteiger partial charge in [-0.1, -0.05) is 0 Å². The largest absolute Gasteiger partial charge is 0.373 e. The van der Waals surface area contributed by atoms with Crippen LogP contribution in [0.4, 0.5) is 5.82 Å². The molecule has 6 nitrogen and oxygen atoms in total. The predicted octanol–water partition coefficient (Wildman–Crippen LogP) is -0.758. The number of aromatic nitrogens is 2. The summed E-state index contributed by atoms with van der Waals surface area (Å²) in [6, 6.07) is 1.51. The smallest absolute Gasteiger partial charge is 0.252 e. The molecule has 6 heteroatoms. The first-order valence-electron chi connectivity index (χ1n) is 5.33. The van der Waals surface area contributed by atoms with E-state index in [2.05, 4.69) is 9.97 Å². The Kier molecular flexibility index (Phi) is 3.21. The summed E-state index contributed by atoms with van der Waals surface area (Å²) < 4.78 is 5.46. The molecule has 0 saturated carbocycles. The maximum atomic E-state index is 11.3. The van der Waals surface area contributed by atoms with Crippen LogP contribution < -0.4 is 16.2 Å². The van der Waals surface area contributed by atoms with E-state index in [0.717, 1.165) is 6.54 Å². The van der Waals surface area contributed by atoms with Gasteiger partial charge in [0.15, 0.2) is 0 Å². The standard InChI is InChI=1S/C10H16N4O2/c1-7-12-9(4-10(15)13-7)14-2-3-16-8(5-11)6-14/h4,8H,2-3,5-6,11H2,1H3,(H,12,13,15). The van der Waals surface area contributed by atoms with Gasteiger partial charge in [-0.3, -0.25) is 4.79 Å². The highest BCUT2D eigenvalue weighted by atomic mass is 16.5. The number of ether oxygens (including phenoxy) is 1. The number of aromatic amines is 1. The van der Waals surface area contributed by atoms with Gasteiger partial charge in [0.25, 0.3) is 5.56 Å². The van der Waals surface area contributed by atoms with E-state index in [1.54, 1.807) is 6.92 Å². The van der Waals surface area contributed by atoms with E-state index in [1.807, 2.05) is 4.90 Å². The normalized spacial score (nSPS) is 21.1. The van der Waals surface area contributed by atoms with Crippen molar-refractivity contribution in [2.75, 3.05) is 31.1 Å². The van der Waals surface area contributed by atoms with Crippen molar-refractivity contribution in [3.05, 3.63) is 22.2 Å². The molecule has 1 aliphatic heterocycles. The average Bonchev–Trinajstić information content (AvgIpc) is 2.28. The van der Waals surface area contributed by atoms with Crippen LogP contribution in [0.15, 0.2) is 10.9 Å². The Morgan fingerprint density at radius 3 is 3.25 bits per heavy atom. The van der Waals surface area contributed by atoms with E-state index in [-0.39, 0.29) is 11.7 Å². The second-order valence-electron chi connectivity index (χ2n) is 3.86. The summed E-state index contributed by atoms with van der Waals surface area (Å²) in [5.74, 6) is 1.32. The Morgan fingerprint density at radius 1 is 1.75 bits per heavy atom. The maximum Gasteiger partial charge on any atom is 0.252 e. The number of rotatable bonds is 2. The molecule has 1 aliphatic rings. The van der Waals surface area contributed by atoms with Gasteiger partial charge < -0.3 is 20.4 Å². The highest BCUT2D eigenvalue weighted by molar-refractivity contribution is 5.38. The van der Waals surface area contributed by atoms with Crippen molar-refractivity contribution in [3.8, 4) is 0 Å². The number of nitrogens with one attached hydrogen (secondary N) is 1. The highest BCUT2D eigenvalue weighted by Gasteiger charge is 2.20. The monoisotopic (exact) mass is 224 g/mol. The topological polar surface area (TPSA) is 84.2 Å². The van der Waals surface area contributed by atoms with Gasteiger partial charge in [0, 0.05) is 25.7 Å². The van der Waals surface area contributed by atoms with Crippen molar-refractivity contribution in [3.63, 3.8) is 0 Å². The van der Waals surface area contributed by atoms with Gasteiger partial charge in [-0.15, -0.1) is 0 Å². The van der Waals surface area contributed by atoms with E-state index in [0.29, 0.717) is 31.3 Å². The summed E-state index contributed by atoms with van der Waals surface area (Å²) in [7, 11) is 0. The van der Waals surface area contributed by atoms with Gasteiger partial charge in [-0.25, -0.2) is 4.98 Å². The number of morpholine rings is 1. The molecule has 1 aromatic rings. The van der Waals surface area contributed by atoms with Crippen LogP contribution in [0, 0.1) is 6.92 Å². The van der Waals surface area contributed by atoms with Crippen LogP contribution >= 0.6 is 0 Å². The molecule has 1 unspecified atom stereocenters. The molecule has 3 N–H and O–H groups in total. The van der Waals surface area contributed by atoms with Crippen LogP contribution in [-0.4, -0.2) is 42.3 Å². The van der Waals surface area contributed by atoms with Crippen molar-refractivity contribution in [2.24, 2.45) is 5.73 Å². The zero-order chi connectivity index (χ0) is 11.5. The molecule has 2 heterocycles. The number of anilines is 1. The molecule has 16 heavy (non-hydrogen) atoms. The van der Waals surface area contributed by atoms with Crippen LogP contribution in [-0.2, 0) is 4.74 Å². The quantitative estimate of drug-likeness (QED) is 0.690. The van der Waals surface area contributed by atoms with Crippen LogP contribution in [0.25, 0.3) is 0 Å². The molecule has 1 aromatic heterocycles. The molecule has 1 saturated heterocycles. The minimum absolute atomic E-state index is 0.0233. The maximum absolute atomic E-state index is 11.3. The molecule has 1 atom stereocenters. The lowest BCUT2D eigenvalue weighted by atomic mass is 10.2.